The Morgan fingerprint density at radius 3 is 1.56 bits per heavy atom. The predicted molar refractivity (Wildman–Crippen MR) is 68.1 cm³/mol. The minimum Gasteiger partial charge on any atom is -0.228 e. The molecule has 2 nitrogen and oxygen atoms in total. The van der Waals surface area contributed by atoms with Crippen LogP contribution >= 0.6 is 0 Å². The maximum absolute atomic E-state index is 13.3. The summed E-state index contributed by atoms with van der Waals surface area (Å²) in [4.78, 5) is 0. The van der Waals surface area contributed by atoms with E-state index in [0.29, 0.717) is 24.3 Å². The van der Waals surface area contributed by atoms with E-state index in [1.165, 1.54) is 0 Å². The van der Waals surface area contributed by atoms with Crippen molar-refractivity contribution in [2.75, 3.05) is 0 Å². The van der Waals surface area contributed by atoms with Gasteiger partial charge >= 0.3 is 29.5 Å². The van der Waals surface area contributed by atoms with Gasteiger partial charge in [0, 0.05) is 6.21 Å². The highest BCUT2D eigenvalue weighted by molar-refractivity contribution is 7.85. The molecule has 0 N–H and O–H groups in total. The Bertz CT molecular complexity index is 719. The first-order valence-corrected chi connectivity index (χ1v) is 7.30. The minimum atomic E-state index is -7.23. The largest absolute Gasteiger partial charge is 0.460 e. The first-order chi connectivity index (χ1) is 11.9. The fourth-order valence-corrected chi connectivity index (χ4v) is 2.10. The molecule has 27 heavy (non-hydrogen) atoms. The van der Waals surface area contributed by atoms with Crippen LogP contribution in [0.3, 0.4) is 0 Å². The van der Waals surface area contributed by atoms with Gasteiger partial charge in [0.1, 0.15) is 0 Å². The van der Waals surface area contributed by atoms with Crippen molar-refractivity contribution in [1.29, 1.82) is 0 Å². The highest BCUT2D eigenvalue weighted by atomic mass is 32.2. The van der Waals surface area contributed by atoms with Gasteiger partial charge in [0.25, 0.3) is 0 Å². The Morgan fingerprint density at radius 1 is 0.741 bits per heavy atom. The molecule has 154 valence electrons. The molecule has 0 aliphatic heterocycles. The Balaban J connectivity index is 3.12. The molecule has 1 aromatic rings. The van der Waals surface area contributed by atoms with E-state index in [0.717, 1.165) is 0 Å². The van der Waals surface area contributed by atoms with E-state index in [-0.39, 0.29) is 6.21 Å². The third-order valence-corrected chi connectivity index (χ3v) is 3.86. The molecule has 0 fully saturated rings. The van der Waals surface area contributed by atoms with Crippen molar-refractivity contribution in [3.05, 3.63) is 35.4 Å². The second kappa shape index (κ2) is 6.98. The fraction of sp³-hybridized carbons (Fsp3) is 0.417. The quantitative estimate of drug-likeness (QED) is 0.458. The number of rotatable bonds is 5. The number of alkyl halides is 12. The first kappa shape index (κ1) is 23.2. The van der Waals surface area contributed by atoms with E-state index < -0.39 is 51.6 Å². The maximum Gasteiger partial charge on any atom is 0.460 e. The molecule has 0 aromatic heterocycles. The monoisotopic (exact) mass is 439 g/mol. The van der Waals surface area contributed by atoms with Gasteiger partial charge in [-0.2, -0.15) is 57.1 Å². The van der Waals surface area contributed by atoms with Crippen LogP contribution in [0.25, 0.3) is 0 Å². The van der Waals surface area contributed by atoms with E-state index in [1.54, 1.807) is 0 Å². The maximum atomic E-state index is 13.3. The average Bonchev–Trinajstić information content (AvgIpc) is 2.50. The summed E-state index contributed by atoms with van der Waals surface area (Å²) >= 11 is 0. The molecule has 0 radical (unpaired) electrons. The highest BCUT2D eigenvalue weighted by Gasteiger charge is 2.83. The predicted octanol–water partition coefficient (Wildman–Crippen LogP) is 5.21. The van der Waals surface area contributed by atoms with Gasteiger partial charge in [0.15, 0.2) is 0 Å². The molecular formula is C12H5F12NOS. The Hall–Kier alpha value is -1.80. The zero-order chi connectivity index (χ0) is 21.5. The van der Waals surface area contributed by atoms with Gasteiger partial charge in [-0.15, -0.1) is 0 Å². The molecule has 1 rings (SSSR count). The van der Waals surface area contributed by atoms with Gasteiger partial charge in [0.2, 0.25) is 11.0 Å². The van der Waals surface area contributed by atoms with Gasteiger partial charge < -0.3 is 0 Å². The molecule has 15 heteroatoms. The third kappa shape index (κ3) is 4.38. The number of halogens is 12. The standard InChI is InChI=1S/C12H5F12NOS/c13-8(14,15)7-3-1-6(2-4-7)5-25-27(26)12(23,24)10(18,19)9(16,17)11(20,21)22/h1-5H/b25-5+. The Morgan fingerprint density at radius 2 is 1.19 bits per heavy atom. The number of benzene rings is 1. The van der Waals surface area contributed by atoms with E-state index in [2.05, 4.69) is 4.40 Å². The highest BCUT2D eigenvalue weighted by Crippen LogP contribution is 2.54. The van der Waals surface area contributed by atoms with Gasteiger partial charge in [-0.3, -0.25) is 0 Å². The topological polar surface area (TPSA) is 29.4 Å². The summed E-state index contributed by atoms with van der Waals surface area (Å²) in [6, 6.07) is 1.94. The molecule has 0 amide bonds. The van der Waals surface area contributed by atoms with Crippen LogP contribution in [0.5, 0.6) is 0 Å². The normalized spacial score (nSPS) is 16.0. The number of hydrogen-bond acceptors (Lipinski definition) is 1. The lowest BCUT2D eigenvalue weighted by Crippen LogP contribution is -2.61. The van der Waals surface area contributed by atoms with Crippen LogP contribution in [0.4, 0.5) is 52.7 Å². The van der Waals surface area contributed by atoms with Crippen molar-refractivity contribution in [1.82, 2.24) is 0 Å². The summed E-state index contributed by atoms with van der Waals surface area (Å²) in [5, 5.41) is -6.45. The molecule has 1 unspecified atom stereocenters. The molecule has 0 bridgehead atoms. The minimum absolute atomic E-state index is 0.0476. The van der Waals surface area contributed by atoms with Crippen LogP contribution in [-0.2, 0) is 17.2 Å². The lowest BCUT2D eigenvalue weighted by Gasteiger charge is -2.31. The second-order valence-corrected chi connectivity index (χ2v) is 5.99. The van der Waals surface area contributed by atoms with Gasteiger partial charge in [-0.05, 0) is 17.7 Å². The molecule has 0 aliphatic rings. The summed E-state index contributed by atoms with van der Waals surface area (Å²) in [6.07, 6.45) is -11.8. The van der Waals surface area contributed by atoms with Gasteiger partial charge in [0.05, 0.1) is 5.56 Å². The van der Waals surface area contributed by atoms with Gasteiger partial charge in [-0.25, -0.2) is 4.21 Å². The van der Waals surface area contributed by atoms with Crippen LogP contribution in [0.1, 0.15) is 11.1 Å². The molecule has 0 aliphatic carbocycles. The fourth-order valence-electron chi connectivity index (χ4n) is 1.40. The van der Waals surface area contributed by atoms with E-state index >= 15 is 0 Å². The van der Waals surface area contributed by atoms with E-state index in [9.17, 15) is 56.9 Å². The molecule has 0 saturated carbocycles. The summed E-state index contributed by atoms with van der Waals surface area (Å²) in [7, 11) is -4.62. The summed E-state index contributed by atoms with van der Waals surface area (Å²) in [6.45, 7) is 0. The summed E-state index contributed by atoms with van der Waals surface area (Å²) in [5.74, 6) is -14.4. The zero-order valence-electron chi connectivity index (χ0n) is 12.2. The SMILES string of the molecule is O=S(/N=C/c1ccc(C(F)(F)F)cc1)C(F)(F)C(F)(F)C(F)(F)C(F)(F)F. The summed E-state index contributed by atoms with van der Waals surface area (Å²) in [5.41, 5.74) is -1.71. The molecule has 0 saturated heterocycles. The van der Waals surface area contributed by atoms with Crippen molar-refractivity contribution in [2.24, 2.45) is 4.40 Å². The molecule has 1 atom stereocenters. The van der Waals surface area contributed by atoms with Crippen LogP contribution < -0.4 is 0 Å². The summed E-state index contributed by atoms with van der Waals surface area (Å²) < 4.78 is 164. The average molecular weight is 439 g/mol. The van der Waals surface area contributed by atoms with Crippen molar-refractivity contribution in [2.45, 2.75) is 29.5 Å². The molecule has 0 heterocycles. The zero-order valence-corrected chi connectivity index (χ0v) is 13.0. The Labute approximate surface area is 144 Å². The smallest absolute Gasteiger partial charge is 0.228 e. The molecule has 1 aromatic carbocycles. The Kier molecular flexibility index (Phi) is 6.01. The lowest BCUT2D eigenvalue weighted by atomic mass is 10.1. The first-order valence-electron chi connectivity index (χ1n) is 6.19. The van der Waals surface area contributed by atoms with Crippen LogP contribution in [-0.4, -0.2) is 33.7 Å². The van der Waals surface area contributed by atoms with Crippen molar-refractivity contribution < 1.29 is 56.9 Å². The van der Waals surface area contributed by atoms with Crippen LogP contribution in [0, 0.1) is 0 Å². The van der Waals surface area contributed by atoms with Crippen molar-refractivity contribution in [3.63, 3.8) is 0 Å². The van der Waals surface area contributed by atoms with E-state index in [1.807, 2.05) is 0 Å². The second-order valence-electron chi connectivity index (χ2n) is 4.77. The molecular weight excluding hydrogens is 434 g/mol. The molecule has 0 spiro atoms. The van der Waals surface area contributed by atoms with Crippen molar-refractivity contribution in [3.8, 4) is 0 Å². The van der Waals surface area contributed by atoms with Crippen LogP contribution in [0.2, 0.25) is 0 Å². The lowest BCUT2D eigenvalue weighted by molar-refractivity contribution is -0.381. The third-order valence-electron chi connectivity index (χ3n) is 2.87. The van der Waals surface area contributed by atoms with Crippen molar-refractivity contribution >= 4 is 17.2 Å². The number of nitrogens with zero attached hydrogens (tertiary/aromatic N) is 1. The van der Waals surface area contributed by atoms with E-state index in [4.69, 9.17) is 0 Å². The number of hydrogen-bond donors (Lipinski definition) is 0. The van der Waals surface area contributed by atoms with Gasteiger partial charge in [-0.1, -0.05) is 12.1 Å². The van der Waals surface area contributed by atoms with Crippen LogP contribution in [0.15, 0.2) is 28.7 Å².